The van der Waals surface area contributed by atoms with E-state index >= 15 is 0 Å². The van der Waals surface area contributed by atoms with Gasteiger partial charge >= 0.3 is 0 Å². The highest BCUT2D eigenvalue weighted by Crippen LogP contribution is 2.25. The van der Waals surface area contributed by atoms with Crippen LogP contribution in [0.4, 0.5) is 10.1 Å². The molecule has 1 aromatic rings. The van der Waals surface area contributed by atoms with Crippen molar-refractivity contribution < 1.29 is 4.39 Å². The van der Waals surface area contributed by atoms with E-state index in [2.05, 4.69) is 32.7 Å². The molecule has 0 aromatic heterocycles. The lowest BCUT2D eigenvalue weighted by atomic mass is 10.1. The highest BCUT2D eigenvalue weighted by Gasteiger charge is 2.18. The second kappa shape index (κ2) is 6.53. The standard InChI is InChI=1S/C14H20BrFN2/c1-2-5-17-6-8-18(9-7-17)14-4-3-13(16)10-12(14)11-15/h3-4,10H,2,5-9,11H2,1H3. The SMILES string of the molecule is CCCN1CCN(c2ccc(F)cc2CBr)CC1. The molecule has 0 amide bonds. The third kappa shape index (κ3) is 3.23. The van der Waals surface area contributed by atoms with Gasteiger partial charge < -0.3 is 4.90 Å². The molecule has 0 N–H and O–H groups in total. The van der Waals surface area contributed by atoms with E-state index in [9.17, 15) is 4.39 Å². The normalized spacial score (nSPS) is 17.2. The molecule has 2 rings (SSSR count). The molecule has 100 valence electrons. The molecule has 1 aliphatic heterocycles. The summed E-state index contributed by atoms with van der Waals surface area (Å²) < 4.78 is 13.2. The molecule has 0 atom stereocenters. The molecule has 0 spiro atoms. The first-order chi connectivity index (χ1) is 8.74. The zero-order chi connectivity index (χ0) is 13.0. The van der Waals surface area contributed by atoms with Gasteiger partial charge in [-0.25, -0.2) is 4.39 Å². The van der Waals surface area contributed by atoms with E-state index in [-0.39, 0.29) is 5.82 Å². The van der Waals surface area contributed by atoms with E-state index in [0.717, 1.165) is 31.7 Å². The van der Waals surface area contributed by atoms with Gasteiger partial charge in [0.05, 0.1) is 0 Å². The first kappa shape index (κ1) is 13.8. The van der Waals surface area contributed by atoms with E-state index in [1.165, 1.54) is 18.7 Å². The molecule has 0 saturated carbocycles. The van der Waals surface area contributed by atoms with Crippen LogP contribution in [0.15, 0.2) is 18.2 Å². The van der Waals surface area contributed by atoms with Crippen LogP contribution in [0.5, 0.6) is 0 Å². The predicted octanol–water partition coefficient (Wildman–Crippen LogP) is 3.25. The number of anilines is 1. The van der Waals surface area contributed by atoms with Gasteiger partial charge in [0, 0.05) is 37.2 Å². The van der Waals surface area contributed by atoms with Crippen LogP contribution in [0.25, 0.3) is 0 Å². The van der Waals surface area contributed by atoms with Crippen LogP contribution in [-0.2, 0) is 5.33 Å². The number of benzene rings is 1. The Labute approximate surface area is 117 Å². The Morgan fingerprint density at radius 2 is 1.94 bits per heavy atom. The van der Waals surface area contributed by atoms with Crippen LogP contribution in [0, 0.1) is 5.82 Å². The zero-order valence-corrected chi connectivity index (χ0v) is 12.4. The summed E-state index contributed by atoms with van der Waals surface area (Å²) in [6.07, 6.45) is 1.21. The second-order valence-electron chi connectivity index (χ2n) is 4.74. The average Bonchev–Trinajstić information content (AvgIpc) is 2.40. The molecule has 0 bridgehead atoms. The quantitative estimate of drug-likeness (QED) is 0.787. The van der Waals surface area contributed by atoms with Crippen molar-refractivity contribution in [3.63, 3.8) is 0 Å². The maximum absolute atomic E-state index is 13.2. The van der Waals surface area contributed by atoms with Crippen LogP contribution in [0.1, 0.15) is 18.9 Å². The van der Waals surface area contributed by atoms with Crippen molar-refractivity contribution >= 4 is 21.6 Å². The number of rotatable bonds is 4. The fraction of sp³-hybridized carbons (Fsp3) is 0.571. The summed E-state index contributed by atoms with van der Waals surface area (Å²) in [4.78, 5) is 4.86. The summed E-state index contributed by atoms with van der Waals surface area (Å²) in [5, 5.41) is 0.704. The lowest BCUT2D eigenvalue weighted by molar-refractivity contribution is 0.258. The van der Waals surface area contributed by atoms with Crippen LogP contribution in [0.3, 0.4) is 0 Å². The summed E-state index contributed by atoms with van der Waals surface area (Å²) in [6, 6.07) is 5.09. The summed E-state index contributed by atoms with van der Waals surface area (Å²) in [7, 11) is 0. The predicted molar refractivity (Wildman–Crippen MR) is 78.0 cm³/mol. The van der Waals surface area contributed by atoms with Crippen molar-refractivity contribution in [3.8, 4) is 0 Å². The van der Waals surface area contributed by atoms with Crippen LogP contribution < -0.4 is 4.90 Å². The topological polar surface area (TPSA) is 6.48 Å². The maximum atomic E-state index is 13.2. The van der Waals surface area contributed by atoms with Crippen LogP contribution in [-0.4, -0.2) is 37.6 Å². The average molecular weight is 315 g/mol. The molecule has 1 aliphatic rings. The van der Waals surface area contributed by atoms with Gasteiger partial charge in [-0.15, -0.1) is 0 Å². The minimum atomic E-state index is -0.155. The molecule has 0 aliphatic carbocycles. The molecule has 0 radical (unpaired) electrons. The summed E-state index contributed by atoms with van der Waals surface area (Å²) in [5.74, 6) is -0.155. The summed E-state index contributed by atoms with van der Waals surface area (Å²) in [5.41, 5.74) is 2.21. The second-order valence-corrected chi connectivity index (χ2v) is 5.30. The van der Waals surface area contributed by atoms with Crippen LogP contribution in [0.2, 0.25) is 0 Å². The number of piperazine rings is 1. The minimum absolute atomic E-state index is 0.155. The Balaban J connectivity index is 2.05. The van der Waals surface area contributed by atoms with Gasteiger partial charge in [-0.3, -0.25) is 4.90 Å². The number of halogens is 2. The van der Waals surface area contributed by atoms with Gasteiger partial charge in [-0.05, 0) is 36.7 Å². The number of nitrogens with zero attached hydrogens (tertiary/aromatic N) is 2. The van der Waals surface area contributed by atoms with E-state index < -0.39 is 0 Å². The van der Waals surface area contributed by atoms with Crippen molar-refractivity contribution in [2.75, 3.05) is 37.6 Å². The van der Waals surface area contributed by atoms with E-state index in [4.69, 9.17) is 0 Å². The van der Waals surface area contributed by atoms with E-state index in [1.807, 2.05) is 6.07 Å². The largest absolute Gasteiger partial charge is 0.369 e. The van der Waals surface area contributed by atoms with Gasteiger partial charge in [-0.1, -0.05) is 22.9 Å². The lowest BCUT2D eigenvalue weighted by Crippen LogP contribution is -2.46. The van der Waals surface area contributed by atoms with Gasteiger partial charge in [0.1, 0.15) is 5.82 Å². The molecule has 18 heavy (non-hydrogen) atoms. The van der Waals surface area contributed by atoms with E-state index in [0.29, 0.717) is 5.33 Å². The molecular weight excluding hydrogens is 295 g/mol. The highest BCUT2D eigenvalue weighted by molar-refractivity contribution is 9.08. The summed E-state index contributed by atoms with van der Waals surface area (Å²) >= 11 is 3.44. The first-order valence-corrected chi connectivity index (χ1v) is 7.68. The molecule has 1 saturated heterocycles. The Kier molecular flexibility index (Phi) is 5.01. The van der Waals surface area contributed by atoms with Gasteiger partial charge in [0.2, 0.25) is 0 Å². The van der Waals surface area contributed by atoms with Crippen LogP contribution >= 0.6 is 15.9 Å². The lowest BCUT2D eigenvalue weighted by Gasteiger charge is -2.36. The van der Waals surface area contributed by atoms with E-state index in [1.54, 1.807) is 12.1 Å². The van der Waals surface area contributed by atoms with Crippen molar-refractivity contribution in [1.82, 2.24) is 4.90 Å². The van der Waals surface area contributed by atoms with Crippen molar-refractivity contribution in [2.45, 2.75) is 18.7 Å². The van der Waals surface area contributed by atoms with Crippen molar-refractivity contribution in [1.29, 1.82) is 0 Å². The molecular formula is C14H20BrFN2. The molecule has 0 unspecified atom stereocenters. The monoisotopic (exact) mass is 314 g/mol. The fourth-order valence-corrected chi connectivity index (χ4v) is 2.95. The zero-order valence-electron chi connectivity index (χ0n) is 10.8. The number of hydrogen-bond donors (Lipinski definition) is 0. The Morgan fingerprint density at radius 3 is 2.56 bits per heavy atom. The fourth-order valence-electron chi connectivity index (χ4n) is 2.50. The molecule has 1 heterocycles. The summed E-state index contributed by atoms with van der Waals surface area (Å²) in [6.45, 7) is 7.68. The third-order valence-electron chi connectivity index (χ3n) is 3.44. The first-order valence-electron chi connectivity index (χ1n) is 6.56. The van der Waals surface area contributed by atoms with Gasteiger partial charge in [0.15, 0.2) is 0 Å². The van der Waals surface area contributed by atoms with Gasteiger partial charge in [-0.2, -0.15) is 0 Å². The Bertz CT molecular complexity index is 389. The minimum Gasteiger partial charge on any atom is -0.369 e. The molecule has 4 heteroatoms. The number of hydrogen-bond acceptors (Lipinski definition) is 2. The highest BCUT2D eigenvalue weighted by atomic mass is 79.9. The van der Waals surface area contributed by atoms with Crippen molar-refractivity contribution in [2.24, 2.45) is 0 Å². The Morgan fingerprint density at radius 1 is 1.22 bits per heavy atom. The van der Waals surface area contributed by atoms with Crippen molar-refractivity contribution in [3.05, 3.63) is 29.6 Å². The molecule has 2 nitrogen and oxygen atoms in total. The van der Waals surface area contributed by atoms with Gasteiger partial charge in [0.25, 0.3) is 0 Å². The molecule has 1 aromatic carbocycles. The number of alkyl halides is 1. The molecule has 1 fully saturated rings. The third-order valence-corrected chi connectivity index (χ3v) is 4.04. The maximum Gasteiger partial charge on any atom is 0.123 e. The Hall–Kier alpha value is -0.610. The smallest absolute Gasteiger partial charge is 0.123 e.